The van der Waals surface area contributed by atoms with Gasteiger partial charge in [-0.15, -0.1) is 5.10 Å². The molecule has 3 rings (SSSR count). The van der Waals surface area contributed by atoms with Crippen LogP contribution in [0.3, 0.4) is 0 Å². The summed E-state index contributed by atoms with van der Waals surface area (Å²) >= 11 is 8.62. The van der Waals surface area contributed by atoms with Crippen molar-refractivity contribution in [2.75, 3.05) is 5.32 Å². The lowest BCUT2D eigenvalue weighted by Gasteiger charge is -2.03. The minimum atomic E-state index is 0.582. The van der Waals surface area contributed by atoms with Gasteiger partial charge in [-0.25, -0.2) is 0 Å². The minimum absolute atomic E-state index is 0.582. The second-order valence-electron chi connectivity index (χ2n) is 3.43. The van der Waals surface area contributed by atoms with Crippen molar-refractivity contribution >= 4 is 50.4 Å². The number of hydrogen-bond acceptors (Lipinski definition) is 6. The number of nitrogens with one attached hydrogen (secondary N) is 1. The van der Waals surface area contributed by atoms with Crippen molar-refractivity contribution < 1.29 is 0 Å². The standard InChI is InChI=1S/C10H7ClN4S2/c11-10-8(14-15-17-10)5-12-7-1-2-9-6(3-7)4-13-16-9/h1-4,12H,5H2. The Morgan fingerprint density at radius 3 is 3.06 bits per heavy atom. The van der Waals surface area contributed by atoms with Gasteiger partial charge in [0, 0.05) is 28.8 Å². The van der Waals surface area contributed by atoms with Crippen LogP contribution in [0.1, 0.15) is 5.69 Å². The summed E-state index contributed by atoms with van der Waals surface area (Å²) in [6.07, 6.45) is 1.86. The maximum absolute atomic E-state index is 5.93. The average Bonchev–Trinajstić information content (AvgIpc) is 2.94. The van der Waals surface area contributed by atoms with E-state index >= 15 is 0 Å². The van der Waals surface area contributed by atoms with Gasteiger partial charge in [-0.1, -0.05) is 16.1 Å². The molecule has 1 N–H and O–H groups in total. The lowest BCUT2D eigenvalue weighted by Crippen LogP contribution is -1.99. The molecule has 0 spiro atoms. The van der Waals surface area contributed by atoms with Gasteiger partial charge in [-0.05, 0) is 29.7 Å². The SMILES string of the molecule is Clc1snnc1CNc1ccc2sncc2c1. The van der Waals surface area contributed by atoms with E-state index in [2.05, 4.69) is 31.4 Å². The van der Waals surface area contributed by atoms with Crippen molar-refractivity contribution in [1.82, 2.24) is 14.0 Å². The maximum Gasteiger partial charge on any atom is 0.139 e. The fourth-order valence-corrected chi connectivity index (χ4v) is 2.72. The highest BCUT2D eigenvalue weighted by Crippen LogP contribution is 2.23. The van der Waals surface area contributed by atoms with E-state index < -0.39 is 0 Å². The first kappa shape index (κ1) is 10.9. The summed E-state index contributed by atoms with van der Waals surface area (Å²) in [5.74, 6) is 0. The molecule has 7 heteroatoms. The minimum Gasteiger partial charge on any atom is -0.379 e. The van der Waals surface area contributed by atoms with Gasteiger partial charge in [0.2, 0.25) is 0 Å². The van der Waals surface area contributed by atoms with Crippen molar-refractivity contribution in [1.29, 1.82) is 0 Å². The van der Waals surface area contributed by atoms with E-state index in [4.69, 9.17) is 11.6 Å². The van der Waals surface area contributed by atoms with Crippen LogP contribution in [0, 0.1) is 0 Å². The molecule has 3 aromatic rings. The molecule has 0 unspecified atom stereocenters. The van der Waals surface area contributed by atoms with E-state index in [1.807, 2.05) is 12.3 Å². The molecule has 0 amide bonds. The predicted molar refractivity (Wildman–Crippen MR) is 71.9 cm³/mol. The predicted octanol–water partition coefficient (Wildman–Crippen LogP) is 3.41. The fourth-order valence-electron chi connectivity index (χ4n) is 1.47. The smallest absolute Gasteiger partial charge is 0.139 e. The Hall–Kier alpha value is -1.24. The van der Waals surface area contributed by atoms with Gasteiger partial charge in [-0.3, -0.25) is 0 Å². The van der Waals surface area contributed by atoms with E-state index in [0.717, 1.165) is 16.8 Å². The Labute approximate surface area is 111 Å². The number of benzene rings is 1. The summed E-state index contributed by atoms with van der Waals surface area (Å²) in [5.41, 5.74) is 1.81. The quantitative estimate of drug-likeness (QED) is 0.800. The van der Waals surface area contributed by atoms with Crippen molar-refractivity contribution in [2.45, 2.75) is 6.54 Å². The van der Waals surface area contributed by atoms with Gasteiger partial charge in [0.05, 0.1) is 11.2 Å². The molecule has 0 saturated heterocycles. The third-order valence-electron chi connectivity index (χ3n) is 2.32. The van der Waals surface area contributed by atoms with E-state index in [0.29, 0.717) is 10.9 Å². The molecule has 17 heavy (non-hydrogen) atoms. The van der Waals surface area contributed by atoms with Crippen LogP contribution in [0.25, 0.3) is 10.1 Å². The molecular formula is C10H7ClN4S2. The Morgan fingerprint density at radius 2 is 2.24 bits per heavy atom. The first-order valence-electron chi connectivity index (χ1n) is 4.88. The van der Waals surface area contributed by atoms with Crippen LogP contribution >= 0.6 is 34.7 Å². The molecule has 0 radical (unpaired) electrons. The lowest BCUT2D eigenvalue weighted by atomic mass is 10.2. The van der Waals surface area contributed by atoms with Crippen molar-refractivity contribution in [3.05, 3.63) is 34.4 Å². The molecule has 0 aliphatic carbocycles. The Bertz CT molecular complexity index is 648. The van der Waals surface area contributed by atoms with Gasteiger partial charge in [-0.2, -0.15) is 4.37 Å². The second kappa shape index (κ2) is 4.56. The highest BCUT2D eigenvalue weighted by Gasteiger charge is 2.05. The van der Waals surface area contributed by atoms with Crippen LogP contribution in [0.15, 0.2) is 24.4 Å². The van der Waals surface area contributed by atoms with Crippen LogP contribution < -0.4 is 5.32 Å². The van der Waals surface area contributed by atoms with Gasteiger partial charge in [0.25, 0.3) is 0 Å². The zero-order valence-corrected chi connectivity index (χ0v) is 10.9. The number of halogens is 1. The van der Waals surface area contributed by atoms with Crippen molar-refractivity contribution in [3.8, 4) is 0 Å². The molecule has 0 aliphatic rings. The Kier molecular flexibility index (Phi) is 2.92. The number of rotatable bonds is 3. The molecule has 0 aliphatic heterocycles. The summed E-state index contributed by atoms with van der Waals surface area (Å²) in [6.45, 7) is 0.582. The van der Waals surface area contributed by atoms with Gasteiger partial charge in [0.1, 0.15) is 10.0 Å². The highest BCUT2D eigenvalue weighted by atomic mass is 35.5. The summed E-state index contributed by atoms with van der Waals surface area (Å²) in [6, 6.07) is 6.14. The average molecular weight is 283 g/mol. The fraction of sp³-hybridized carbons (Fsp3) is 0.100. The third-order valence-corrected chi connectivity index (χ3v) is 4.09. The molecule has 0 atom stereocenters. The summed E-state index contributed by atoms with van der Waals surface area (Å²) in [4.78, 5) is 0. The number of hydrogen-bond donors (Lipinski definition) is 1. The first-order chi connectivity index (χ1) is 8.33. The zero-order chi connectivity index (χ0) is 11.7. The number of fused-ring (bicyclic) bond motifs is 1. The lowest BCUT2D eigenvalue weighted by molar-refractivity contribution is 0.999. The summed E-state index contributed by atoms with van der Waals surface area (Å²) in [7, 11) is 0. The number of anilines is 1. The Morgan fingerprint density at radius 1 is 1.29 bits per heavy atom. The third kappa shape index (κ3) is 2.24. The van der Waals surface area contributed by atoms with E-state index in [9.17, 15) is 0 Å². The molecule has 0 saturated carbocycles. The van der Waals surface area contributed by atoms with E-state index in [1.54, 1.807) is 0 Å². The summed E-state index contributed by atoms with van der Waals surface area (Å²) in [5, 5.41) is 8.35. The normalized spacial score (nSPS) is 10.9. The van der Waals surface area contributed by atoms with Gasteiger partial charge >= 0.3 is 0 Å². The van der Waals surface area contributed by atoms with Crippen molar-refractivity contribution in [2.24, 2.45) is 0 Å². The monoisotopic (exact) mass is 282 g/mol. The molecule has 0 fully saturated rings. The van der Waals surface area contributed by atoms with Crippen LogP contribution in [-0.4, -0.2) is 14.0 Å². The van der Waals surface area contributed by atoms with Crippen molar-refractivity contribution in [3.63, 3.8) is 0 Å². The Balaban J connectivity index is 1.78. The number of aromatic nitrogens is 3. The highest BCUT2D eigenvalue weighted by molar-refractivity contribution is 7.13. The molecule has 86 valence electrons. The van der Waals surface area contributed by atoms with Crippen LogP contribution in [0.5, 0.6) is 0 Å². The van der Waals surface area contributed by atoms with E-state index in [-0.39, 0.29) is 0 Å². The molecular weight excluding hydrogens is 276 g/mol. The molecule has 0 bridgehead atoms. The van der Waals surface area contributed by atoms with Gasteiger partial charge < -0.3 is 5.32 Å². The second-order valence-corrected chi connectivity index (χ2v) is 5.61. The zero-order valence-electron chi connectivity index (χ0n) is 8.55. The number of nitrogens with zero attached hydrogens (tertiary/aromatic N) is 3. The first-order valence-corrected chi connectivity index (χ1v) is 6.80. The van der Waals surface area contributed by atoms with E-state index in [1.165, 1.54) is 27.8 Å². The molecule has 2 heterocycles. The van der Waals surface area contributed by atoms with Crippen LogP contribution in [0.4, 0.5) is 5.69 Å². The largest absolute Gasteiger partial charge is 0.379 e. The topological polar surface area (TPSA) is 50.7 Å². The van der Waals surface area contributed by atoms with Gasteiger partial charge in [0.15, 0.2) is 0 Å². The van der Waals surface area contributed by atoms with Crippen LogP contribution in [-0.2, 0) is 6.54 Å². The molecule has 1 aromatic carbocycles. The molecule has 2 aromatic heterocycles. The molecule has 4 nitrogen and oxygen atoms in total. The maximum atomic E-state index is 5.93. The summed E-state index contributed by atoms with van der Waals surface area (Å²) < 4.78 is 9.74. The van der Waals surface area contributed by atoms with Crippen LogP contribution in [0.2, 0.25) is 4.34 Å².